The minimum Gasteiger partial charge on any atom is -0.378 e. The van der Waals surface area contributed by atoms with E-state index in [0.717, 1.165) is 62.5 Å². The van der Waals surface area contributed by atoms with Gasteiger partial charge in [0.1, 0.15) is 0 Å². The van der Waals surface area contributed by atoms with Crippen molar-refractivity contribution >= 4 is 28.9 Å². The second kappa shape index (κ2) is 10.9. The molecule has 2 unspecified atom stereocenters. The van der Waals surface area contributed by atoms with Crippen molar-refractivity contribution in [3.8, 4) is 0 Å². The van der Waals surface area contributed by atoms with Crippen LogP contribution in [-0.2, 0) is 9.53 Å². The number of carbonyl (C=O) groups is 2. The number of nitrogens with zero attached hydrogens (tertiary/aromatic N) is 2. The van der Waals surface area contributed by atoms with Crippen molar-refractivity contribution < 1.29 is 14.3 Å². The summed E-state index contributed by atoms with van der Waals surface area (Å²) in [5.41, 5.74) is 4.77. The normalized spacial score (nSPS) is 22.6. The van der Waals surface area contributed by atoms with E-state index in [1.807, 2.05) is 23.1 Å². The maximum atomic E-state index is 13.1. The molecule has 7 nitrogen and oxygen atoms in total. The van der Waals surface area contributed by atoms with Crippen molar-refractivity contribution in [1.82, 2.24) is 5.32 Å². The second-order valence-corrected chi connectivity index (χ2v) is 10.4. The summed E-state index contributed by atoms with van der Waals surface area (Å²) >= 11 is 0. The van der Waals surface area contributed by atoms with Crippen LogP contribution in [0, 0.1) is 0 Å². The van der Waals surface area contributed by atoms with Crippen molar-refractivity contribution in [2.75, 3.05) is 41.4 Å². The van der Waals surface area contributed by atoms with E-state index >= 15 is 0 Å². The molecular formula is C29H38N4O3. The maximum Gasteiger partial charge on any atom is 0.251 e. The monoisotopic (exact) mass is 490 g/mol. The highest BCUT2D eigenvalue weighted by atomic mass is 16.5. The minimum atomic E-state index is -0.0219. The van der Waals surface area contributed by atoms with Gasteiger partial charge in [-0.15, -0.1) is 0 Å². The average molecular weight is 491 g/mol. The summed E-state index contributed by atoms with van der Waals surface area (Å²) in [6.45, 7) is 7.05. The first-order chi connectivity index (χ1) is 17.5. The number of nitrogens with one attached hydrogen (secondary N) is 2. The molecular weight excluding hydrogens is 452 g/mol. The van der Waals surface area contributed by atoms with Crippen LogP contribution in [0.25, 0.3) is 0 Å². The van der Waals surface area contributed by atoms with Crippen LogP contribution in [0.2, 0.25) is 0 Å². The molecule has 2 atom stereocenters. The molecule has 0 bridgehead atoms. The van der Waals surface area contributed by atoms with Gasteiger partial charge in [-0.2, -0.15) is 0 Å². The number of benzene rings is 2. The molecule has 2 heterocycles. The molecule has 1 aliphatic carbocycles. The standard InChI is InChI=1S/C29H38N4O3/c1-20-18-27(30-24-9-11-25(12-10-24)32-14-16-36-17-15-32)26-19-22(8-13-28(26)33(20)21(2)34)29(35)31-23-6-4-3-5-7-23/h8-13,19-20,23,27,30H,3-7,14-18H2,1-2H3,(H,31,35). The molecule has 2 N–H and O–H groups in total. The molecule has 7 heteroatoms. The lowest BCUT2D eigenvalue weighted by Crippen LogP contribution is -2.43. The zero-order chi connectivity index (χ0) is 25.1. The number of ether oxygens (including phenoxy) is 1. The van der Waals surface area contributed by atoms with Crippen LogP contribution >= 0.6 is 0 Å². The van der Waals surface area contributed by atoms with E-state index in [1.54, 1.807) is 6.92 Å². The molecule has 2 aromatic carbocycles. The summed E-state index contributed by atoms with van der Waals surface area (Å²) in [5.74, 6) is 0.00258. The van der Waals surface area contributed by atoms with Crippen molar-refractivity contribution in [2.24, 2.45) is 0 Å². The predicted molar refractivity (Wildman–Crippen MR) is 144 cm³/mol. The summed E-state index contributed by atoms with van der Waals surface area (Å²) in [6, 6.07) is 14.6. The van der Waals surface area contributed by atoms with Crippen molar-refractivity contribution in [1.29, 1.82) is 0 Å². The van der Waals surface area contributed by atoms with Crippen LogP contribution in [0.15, 0.2) is 42.5 Å². The highest BCUT2D eigenvalue weighted by Crippen LogP contribution is 2.40. The molecule has 3 aliphatic rings. The Hall–Kier alpha value is -3.06. The summed E-state index contributed by atoms with van der Waals surface area (Å²) in [4.78, 5) is 29.8. The van der Waals surface area contributed by atoms with E-state index in [4.69, 9.17) is 4.74 Å². The number of carbonyl (C=O) groups excluding carboxylic acids is 2. The average Bonchev–Trinajstić information content (AvgIpc) is 2.90. The number of rotatable bonds is 5. The third-order valence-electron chi connectivity index (χ3n) is 7.81. The molecule has 2 amide bonds. The topological polar surface area (TPSA) is 73.9 Å². The zero-order valence-corrected chi connectivity index (χ0v) is 21.5. The highest BCUT2D eigenvalue weighted by Gasteiger charge is 2.33. The molecule has 0 radical (unpaired) electrons. The van der Waals surface area contributed by atoms with Gasteiger partial charge in [0, 0.05) is 54.7 Å². The van der Waals surface area contributed by atoms with Crippen LogP contribution in [-0.4, -0.2) is 50.2 Å². The number of morpholine rings is 1. The first-order valence-corrected chi connectivity index (χ1v) is 13.4. The summed E-state index contributed by atoms with van der Waals surface area (Å²) < 4.78 is 5.47. The fourth-order valence-electron chi connectivity index (χ4n) is 5.93. The van der Waals surface area contributed by atoms with Crippen LogP contribution in [0.5, 0.6) is 0 Å². The molecule has 192 valence electrons. The van der Waals surface area contributed by atoms with E-state index in [-0.39, 0.29) is 29.9 Å². The van der Waals surface area contributed by atoms with Crippen molar-refractivity contribution in [3.05, 3.63) is 53.6 Å². The van der Waals surface area contributed by atoms with Gasteiger partial charge in [0.25, 0.3) is 5.91 Å². The Kier molecular flexibility index (Phi) is 7.46. The molecule has 2 fully saturated rings. The first-order valence-electron chi connectivity index (χ1n) is 13.4. The first kappa shape index (κ1) is 24.6. The third kappa shape index (κ3) is 5.36. The van der Waals surface area contributed by atoms with E-state index in [2.05, 4.69) is 46.7 Å². The Bertz CT molecular complexity index is 1070. The lowest BCUT2D eigenvalue weighted by atomic mass is 9.89. The summed E-state index contributed by atoms with van der Waals surface area (Å²) in [7, 11) is 0. The zero-order valence-electron chi connectivity index (χ0n) is 21.5. The largest absolute Gasteiger partial charge is 0.378 e. The lowest BCUT2D eigenvalue weighted by molar-refractivity contribution is -0.117. The van der Waals surface area contributed by atoms with E-state index in [9.17, 15) is 9.59 Å². The Morgan fingerprint density at radius 1 is 0.972 bits per heavy atom. The maximum absolute atomic E-state index is 13.1. The van der Waals surface area contributed by atoms with Crippen molar-refractivity contribution in [3.63, 3.8) is 0 Å². The van der Waals surface area contributed by atoms with Gasteiger partial charge < -0.3 is 25.2 Å². The molecule has 1 saturated heterocycles. The number of amides is 2. The van der Waals surface area contributed by atoms with Crippen LogP contribution in [0.3, 0.4) is 0 Å². The predicted octanol–water partition coefficient (Wildman–Crippen LogP) is 4.88. The van der Waals surface area contributed by atoms with E-state index in [0.29, 0.717) is 5.56 Å². The Labute approximate surface area is 214 Å². The molecule has 5 rings (SSSR count). The van der Waals surface area contributed by atoms with Crippen LogP contribution in [0.1, 0.15) is 74.3 Å². The van der Waals surface area contributed by atoms with Gasteiger partial charge in [0.15, 0.2) is 0 Å². The number of fused-ring (bicyclic) bond motifs is 1. The fourth-order valence-corrected chi connectivity index (χ4v) is 5.93. The van der Waals surface area contributed by atoms with Crippen LogP contribution in [0.4, 0.5) is 17.1 Å². The molecule has 36 heavy (non-hydrogen) atoms. The quantitative estimate of drug-likeness (QED) is 0.625. The smallest absolute Gasteiger partial charge is 0.251 e. The molecule has 1 saturated carbocycles. The van der Waals surface area contributed by atoms with Crippen LogP contribution < -0.4 is 20.4 Å². The number of hydrogen-bond acceptors (Lipinski definition) is 5. The number of hydrogen-bond donors (Lipinski definition) is 2. The fraction of sp³-hybridized carbons (Fsp3) is 0.517. The van der Waals surface area contributed by atoms with Gasteiger partial charge in [-0.05, 0) is 74.2 Å². The highest BCUT2D eigenvalue weighted by molar-refractivity contribution is 5.98. The van der Waals surface area contributed by atoms with Gasteiger partial charge in [-0.25, -0.2) is 0 Å². The molecule has 0 aromatic heterocycles. The van der Waals surface area contributed by atoms with Crippen molar-refractivity contribution in [2.45, 2.75) is 70.5 Å². The minimum absolute atomic E-state index is 0.00210. The van der Waals surface area contributed by atoms with Gasteiger partial charge in [0.05, 0.1) is 19.3 Å². The van der Waals surface area contributed by atoms with Gasteiger partial charge in [-0.3, -0.25) is 9.59 Å². The molecule has 2 aliphatic heterocycles. The Morgan fingerprint density at radius 3 is 2.39 bits per heavy atom. The Morgan fingerprint density at radius 2 is 1.69 bits per heavy atom. The van der Waals surface area contributed by atoms with Gasteiger partial charge in [0.2, 0.25) is 5.91 Å². The summed E-state index contributed by atoms with van der Waals surface area (Å²) in [6.07, 6.45) is 6.48. The summed E-state index contributed by atoms with van der Waals surface area (Å²) in [5, 5.41) is 6.92. The molecule has 0 spiro atoms. The molecule has 2 aromatic rings. The Balaban J connectivity index is 1.38. The second-order valence-electron chi connectivity index (χ2n) is 10.4. The SMILES string of the molecule is CC(=O)N1c2ccc(C(=O)NC3CCCCC3)cc2C(Nc2ccc(N3CCOCC3)cc2)CC1C. The lowest BCUT2D eigenvalue weighted by Gasteiger charge is -2.39. The van der Waals surface area contributed by atoms with Gasteiger partial charge >= 0.3 is 0 Å². The van der Waals surface area contributed by atoms with Gasteiger partial charge in [-0.1, -0.05) is 19.3 Å². The van der Waals surface area contributed by atoms with E-state index < -0.39 is 0 Å². The van der Waals surface area contributed by atoms with E-state index in [1.165, 1.54) is 24.9 Å². The third-order valence-corrected chi connectivity index (χ3v) is 7.81. The number of anilines is 3.